The number of anilines is 1. The summed E-state index contributed by atoms with van der Waals surface area (Å²) >= 11 is 0. The standard InChI is InChI=1S/C24H29N3O/c1-17-15-23(25-24-20(17)7-5-9-22(24)28-4)27-14-6-8-21(27)19-12-10-18(11-13-19)16-26(2)3/h5,7,9-13,15,21H,6,8,14,16H2,1-4H3. The van der Waals surface area contributed by atoms with E-state index in [1.54, 1.807) is 7.11 Å². The van der Waals surface area contributed by atoms with Gasteiger partial charge >= 0.3 is 0 Å². The van der Waals surface area contributed by atoms with E-state index in [0.717, 1.165) is 42.0 Å². The highest BCUT2D eigenvalue weighted by Gasteiger charge is 2.27. The zero-order chi connectivity index (χ0) is 19.7. The summed E-state index contributed by atoms with van der Waals surface area (Å²) in [6, 6.07) is 17.8. The number of nitrogens with zero attached hydrogens (tertiary/aromatic N) is 3. The zero-order valence-corrected chi connectivity index (χ0v) is 17.3. The number of para-hydroxylation sites is 1. The van der Waals surface area contributed by atoms with Crippen molar-refractivity contribution < 1.29 is 4.74 Å². The molecule has 1 atom stereocenters. The van der Waals surface area contributed by atoms with Crippen LogP contribution < -0.4 is 9.64 Å². The Morgan fingerprint density at radius 3 is 2.64 bits per heavy atom. The maximum Gasteiger partial charge on any atom is 0.145 e. The summed E-state index contributed by atoms with van der Waals surface area (Å²) in [6.07, 6.45) is 2.35. The third-order valence-electron chi connectivity index (χ3n) is 5.63. The minimum Gasteiger partial charge on any atom is -0.494 e. The van der Waals surface area contributed by atoms with E-state index < -0.39 is 0 Å². The van der Waals surface area contributed by atoms with Crippen LogP contribution in [0.15, 0.2) is 48.5 Å². The number of fused-ring (bicyclic) bond motifs is 1. The molecule has 0 amide bonds. The van der Waals surface area contributed by atoms with E-state index >= 15 is 0 Å². The molecule has 2 aromatic carbocycles. The second kappa shape index (κ2) is 7.80. The first-order valence-corrected chi connectivity index (χ1v) is 10.0. The molecule has 1 aliphatic rings. The Morgan fingerprint density at radius 2 is 1.93 bits per heavy atom. The lowest BCUT2D eigenvalue weighted by atomic mass is 10.0. The SMILES string of the molecule is COc1cccc2c(C)cc(N3CCCC3c3ccc(CN(C)C)cc3)nc12. The lowest BCUT2D eigenvalue weighted by Gasteiger charge is -2.27. The van der Waals surface area contributed by atoms with E-state index in [2.05, 4.69) is 67.2 Å². The number of hydrogen-bond donors (Lipinski definition) is 0. The summed E-state index contributed by atoms with van der Waals surface area (Å²) in [4.78, 5) is 9.67. The molecule has 3 aromatic rings. The van der Waals surface area contributed by atoms with E-state index in [1.807, 2.05) is 12.1 Å². The van der Waals surface area contributed by atoms with E-state index in [9.17, 15) is 0 Å². The van der Waals surface area contributed by atoms with E-state index in [1.165, 1.54) is 23.1 Å². The molecule has 0 aliphatic carbocycles. The van der Waals surface area contributed by atoms with Crippen molar-refractivity contribution in [1.29, 1.82) is 0 Å². The van der Waals surface area contributed by atoms with Crippen LogP contribution >= 0.6 is 0 Å². The molecule has 146 valence electrons. The fourth-order valence-corrected chi connectivity index (χ4v) is 4.28. The lowest BCUT2D eigenvalue weighted by Crippen LogP contribution is -2.23. The molecule has 4 heteroatoms. The Hall–Kier alpha value is -2.59. The predicted octanol–water partition coefficient (Wildman–Crippen LogP) is 4.95. The van der Waals surface area contributed by atoms with Crippen molar-refractivity contribution in [2.24, 2.45) is 0 Å². The van der Waals surface area contributed by atoms with Crippen molar-refractivity contribution in [1.82, 2.24) is 9.88 Å². The highest BCUT2D eigenvalue weighted by atomic mass is 16.5. The van der Waals surface area contributed by atoms with Gasteiger partial charge in [-0.1, -0.05) is 36.4 Å². The number of aryl methyl sites for hydroxylation is 1. The summed E-state index contributed by atoms with van der Waals surface area (Å²) in [7, 11) is 5.93. The van der Waals surface area contributed by atoms with Crippen LogP contribution in [0.4, 0.5) is 5.82 Å². The number of aromatic nitrogens is 1. The highest BCUT2D eigenvalue weighted by molar-refractivity contribution is 5.89. The van der Waals surface area contributed by atoms with Crippen LogP contribution in [-0.2, 0) is 6.54 Å². The summed E-state index contributed by atoms with van der Waals surface area (Å²) in [5.41, 5.74) is 4.92. The third-order valence-corrected chi connectivity index (χ3v) is 5.63. The van der Waals surface area contributed by atoms with Gasteiger partial charge in [-0.25, -0.2) is 4.98 Å². The minimum absolute atomic E-state index is 0.382. The summed E-state index contributed by atoms with van der Waals surface area (Å²) in [6.45, 7) is 4.17. The van der Waals surface area contributed by atoms with Gasteiger partial charge < -0.3 is 14.5 Å². The van der Waals surface area contributed by atoms with E-state index in [4.69, 9.17) is 9.72 Å². The van der Waals surface area contributed by atoms with Crippen molar-refractivity contribution in [3.8, 4) is 5.75 Å². The number of rotatable bonds is 5. The van der Waals surface area contributed by atoms with Crippen LogP contribution in [0.25, 0.3) is 10.9 Å². The first kappa shape index (κ1) is 18.8. The molecule has 1 fully saturated rings. The second-order valence-corrected chi connectivity index (χ2v) is 7.98. The van der Waals surface area contributed by atoms with Crippen LogP contribution in [0.3, 0.4) is 0 Å². The van der Waals surface area contributed by atoms with Gasteiger partial charge in [-0.05, 0) is 62.7 Å². The van der Waals surface area contributed by atoms with Gasteiger partial charge in [0.05, 0.1) is 13.2 Å². The van der Waals surface area contributed by atoms with E-state index in [0.29, 0.717) is 6.04 Å². The van der Waals surface area contributed by atoms with Crippen LogP contribution in [0.2, 0.25) is 0 Å². The Kier molecular flexibility index (Phi) is 5.23. The van der Waals surface area contributed by atoms with Gasteiger partial charge in [-0.15, -0.1) is 0 Å². The number of benzene rings is 2. The Morgan fingerprint density at radius 1 is 1.14 bits per heavy atom. The number of pyridine rings is 1. The molecule has 0 bridgehead atoms. The van der Waals surface area contributed by atoms with E-state index in [-0.39, 0.29) is 0 Å². The Labute approximate surface area is 167 Å². The molecule has 1 unspecified atom stereocenters. The molecule has 28 heavy (non-hydrogen) atoms. The van der Waals surface area contributed by atoms with Gasteiger partial charge in [0.1, 0.15) is 17.1 Å². The number of methoxy groups -OCH3 is 1. The molecule has 0 spiro atoms. The summed E-state index contributed by atoms with van der Waals surface area (Å²) in [5, 5.41) is 1.16. The molecule has 0 N–H and O–H groups in total. The maximum atomic E-state index is 5.57. The van der Waals surface area contributed by atoms with Gasteiger partial charge in [-0.2, -0.15) is 0 Å². The van der Waals surface area contributed by atoms with Gasteiger partial charge in [0.15, 0.2) is 0 Å². The van der Waals surface area contributed by atoms with Gasteiger partial charge in [-0.3, -0.25) is 0 Å². The zero-order valence-electron chi connectivity index (χ0n) is 17.3. The quantitative estimate of drug-likeness (QED) is 0.630. The summed E-state index contributed by atoms with van der Waals surface area (Å²) in [5.74, 6) is 1.89. The van der Waals surface area contributed by atoms with Crippen molar-refractivity contribution in [3.63, 3.8) is 0 Å². The molecule has 4 nitrogen and oxygen atoms in total. The normalized spacial score (nSPS) is 16.9. The average molecular weight is 376 g/mol. The largest absolute Gasteiger partial charge is 0.494 e. The molecular formula is C24H29N3O. The third kappa shape index (κ3) is 3.57. The fourth-order valence-electron chi connectivity index (χ4n) is 4.28. The molecule has 1 saturated heterocycles. The molecule has 0 saturated carbocycles. The molecule has 0 radical (unpaired) electrons. The van der Waals surface area contributed by atoms with Gasteiger partial charge in [0, 0.05) is 18.5 Å². The number of ether oxygens (including phenoxy) is 1. The first-order valence-electron chi connectivity index (χ1n) is 10.0. The summed E-state index contributed by atoms with van der Waals surface area (Å²) < 4.78 is 5.57. The number of hydrogen-bond acceptors (Lipinski definition) is 4. The molecular weight excluding hydrogens is 346 g/mol. The molecule has 1 aliphatic heterocycles. The predicted molar refractivity (Wildman–Crippen MR) is 116 cm³/mol. The van der Waals surface area contributed by atoms with Crippen molar-refractivity contribution in [2.45, 2.75) is 32.4 Å². The molecule has 4 rings (SSSR count). The maximum absolute atomic E-state index is 5.57. The smallest absolute Gasteiger partial charge is 0.145 e. The van der Waals surface area contributed by atoms with Crippen LogP contribution in [0.1, 0.15) is 35.6 Å². The lowest BCUT2D eigenvalue weighted by molar-refractivity contribution is 0.402. The first-order chi connectivity index (χ1) is 13.6. The van der Waals surface area contributed by atoms with Crippen LogP contribution in [0, 0.1) is 6.92 Å². The monoisotopic (exact) mass is 375 g/mol. The molecule has 1 aromatic heterocycles. The van der Waals surface area contributed by atoms with Gasteiger partial charge in [0.2, 0.25) is 0 Å². The highest BCUT2D eigenvalue weighted by Crippen LogP contribution is 2.38. The van der Waals surface area contributed by atoms with Crippen LogP contribution in [-0.4, -0.2) is 37.6 Å². The van der Waals surface area contributed by atoms with Crippen molar-refractivity contribution >= 4 is 16.7 Å². The van der Waals surface area contributed by atoms with Gasteiger partial charge in [0.25, 0.3) is 0 Å². The van der Waals surface area contributed by atoms with Crippen molar-refractivity contribution in [2.75, 3.05) is 32.6 Å². The van der Waals surface area contributed by atoms with Crippen LogP contribution in [0.5, 0.6) is 5.75 Å². The minimum atomic E-state index is 0.382. The second-order valence-electron chi connectivity index (χ2n) is 7.98. The average Bonchev–Trinajstić information content (AvgIpc) is 3.17. The Bertz CT molecular complexity index is 965. The Balaban J connectivity index is 1.68. The van der Waals surface area contributed by atoms with Crippen molar-refractivity contribution in [3.05, 3.63) is 65.2 Å². The molecule has 2 heterocycles. The topological polar surface area (TPSA) is 28.6 Å². The fraction of sp³-hybridized carbons (Fsp3) is 0.375.